The third-order valence-electron chi connectivity index (χ3n) is 9.96. The van der Waals surface area contributed by atoms with Gasteiger partial charge in [-0.1, -0.05) is 78.3 Å². The number of aromatic nitrogens is 3. The molecule has 49 heavy (non-hydrogen) atoms. The molecule has 1 aliphatic heterocycles. The van der Waals surface area contributed by atoms with E-state index < -0.39 is 6.17 Å². The van der Waals surface area contributed by atoms with Crippen molar-refractivity contribution < 1.29 is 25.5 Å². The van der Waals surface area contributed by atoms with Crippen LogP contribution in [0.5, 0.6) is 0 Å². The van der Waals surface area contributed by atoms with Gasteiger partial charge in [0.05, 0.1) is 11.3 Å². The average molecular weight is 834 g/mol. The Hall–Kier alpha value is -4.90. The standard InChI is InChI=1S/C42H27FN4S.Pt/c1-42(2)33-13-8-18-44-41(33)47(36-23-31-30-12-4-6-15-37(30)48-38(31)24-34(36)42)27-10-7-9-25(21-27)39(43)26-16-17-28-29-11-3-5-14-35(29)46-20-19-45-40(46)32(28)22-26;/h3-20,23-24,39H,1-2H3;/q-2;+2. The van der Waals surface area contributed by atoms with Crippen molar-refractivity contribution in [2.24, 2.45) is 0 Å². The Labute approximate surface area is 300 Å². The van der Waals surface area contributed by atoms with Gasteiger partial charge in [-0.05, 0) is 41.3 Å². The van der Waals surface area contributed by atoms with E-state index in [9.17, 15) is 0 Å². The number of alkyl halides is 1. The molecule has 7 heteroatoms. The van der Waals surface area contributed by atoms with Crippen LogP contribution in [-0.2, 0) is 26.5 Å². The van der Waals surface area contributed by atoms with Gasteiger partial charge in [0.1, 0.15) is 12.0 Å². The van der Waals surface area contributed by atoms with Crippen LogP contribution in [-0.4, -0.2) is 14.4 Å². The van der Waals surface area contributed by atoms with E-state index in [1.807, 2.05) is 70.6 Å². The van der Waals surface area contributed by atoms with Gasteiger partial charge in [-0.2, -0.15) is 18.2 Å². The number of thiophene rings is 1. The molecule has 0 fully saturated rings. The van der Waals surface area contributed by atoms with Gasteiger partial charge in [0, 0.05) is 55.3 Å². The van der Waals surface area contributed by atoms with Gasteiger partial charge >= 0.3 is 21.1 Å². The van der Waals surface area contributed by atoms with Crippen LogP contribution in [0.2, 0.25) is 0 Å². The van der Waals surface area contributed by atoms with Crippen LogP contribution in [0.15, 0.2) is 122 Å². The number of benzene rings is 5. The minimum atomic E-state index is -1.44. The van der Waals surface area contributed by atoms with Crippen LogP contribution in [0.25, 0.3) is 47.5 Å². The van der Waals surface area contributed by atoms with Crippen LogP contribution < -0.4 is 4.90 Å². The molecule has 0 saturated carbocycles. The van der Waals surface area contributed by atoms with Crippen molar-refractivity contribution in [3.63, 3.8) is 0 Å². The Kier molecular flexibility index (Phi) is 6.81. The summed E-state index contributed by atoms with van der Waals surface area (Å²) in [5.74, 6) is 0.837. The largest absolute Gasteiger partial charge is 2.00 e. The summed E-state index contributed by atoms with van der Waals surface area (Å²) in [6.45, 7) is 4.52. The van der Waals surface area contributed by atoms with Gasteiger partial charge < -0.3 is 9.30 Å². The topological polar surface area (TPSA) is 33.4 Å². The number of pyridine rings is 2. The van der Waals surface area contributed by atoms with Crippen LogP contribution in [0.1, 0.15) is 42.3 Å². The van der Waals surface area contributed by atoms with E-state index in [1.165, 1.54) is 25.7 Å². The van der Waals surface area contributed by atoms with Crippen LogP contribution in [0.4, 0.5) is 21.6 Å². The fraction of sp³-hybridized carbons (Fsp3) is 0.0952. The number of fused-ring (bicyclic) bond motifs is 11. The molecule has 5 aromatic carbocycles. The Morgan fingerprint density at radius 2 is 1.53 bits per heavy atom. The van der Waals surface area contributed by atoms with Gasteiger partial charge in [0.2, 0.25) is 0 Å². The zero-order valence-electron chi connectivity index (χ0n) is 26.5. The molecule has 0 spiro atoms. The van der Waals surface area contributed by atoms with E-state index in [1.54, 1.807) is 12.3 Å². The first-order valence-corrected chi connectivity index (χ1v) is 16.9. The average Bonchev–Trinajstić information content (AvgIpc) is 3.77. The van der Waals surface area contributed by atoms with Crippen molar-refractivity contribution in [3.05, 3.63) is 156 Å². The zero-order chi connectivity index (χ0) is 32.1. The van der Waals surface area contributed by atoms with Crippen molar-refractivity contribution in [2.75, 3.05) is 4.90 Å². The first kappa shape index (κ1) is 30.2. The third-order valence-corrected chi connectivity index (χ3v) is 11.1. The van der Waals surface area contributed by atoms with Gasteiger partial charge in [-0.15, -0.1) is 41.2 Å². The van der Waals surface area contributed by atoms with Crippen molar-refractivity contribution in [1.82, 2.24) is 14.4 Å². The smallest absolute Gasteiger partial charge is 0.340 e. The molecular weight excluding hydrogens is 807 g/mol. The maximum atomic E-state index is 16.7. The molecule has 238 valence electrons. The second-order valence-corrected chi connectivity index (χ2v) is 14.1. The Morgan fingerprint density at radius 3 is 2.43 bits per heavy atom. The van der Waals surface area contributed by atoms with Crippen molar-refractivity contribution in [3.8, 4) is 0 Å². The molecule has 1 atom stereocenters. The SMILES string of the molecule is CC1(C)c2cc3sc4ccccc4c3cc2N(c2[c-]c(C(F)c3[c-]c4c(cc3)c3ccccc3n3ccnc43)ccc2)c2ncccc21.[Pt+2]. The molecule has 1 unspecified atom stereocenters. The molecule has 1 aliphatic rings. The molecule has 0 bridgehead atoms. The Bertz CT molecular complexity index is 2760. The number of imidazole rings is 1. The maximum absolute atomic E-state index is 16.7. The first-order chi connectivity index (χ1) is 23.5. The minimum Gasteiger partial charge on any atom is -0.340 e. The number of nitrogens with zero attached hydrogens (tertiary/aromatic N) is 4. The molecule has 9 aromatic rings. The summed E-state index contributed by atoms with van der Waals surface area (Å²) in [6, 6.07) is 42.0. The zero-order valence-corrected chi connectivity index (χ0v) is 29.6. The molecule has 4 nitrogen and oxygen atoms in total. The number of hydrogen-bond acceptors (Lipinski definition) is 4. The second-order valence-electron chi connectivity index (χ2n) is 13.0. The first-order valence-electron chi connectivity index (χ1n) is 16.0. The van der Waals surface area contributed by atoms with Gasteiger partial charge in [0.15, 0.2) is 0 Å². The quantitative estimate of drug-likeness (QED) is 0.131. The monoisotopic (exact) mass is 833 g/mol. The summed E-state index contributed by atoms with van der Waals surface area (Å²) in [5.41, 5.74) is 6.52. The number of halogens is 1. The van der Waals surface area contributed by atoms with E-state index in [0.717, 1.165) is 50.1 Å². The molecule has 0 aliphatic carbocycles. The van der Waals surface area contributed by atoms with Crippen molar-refractivity contribution >= 4 is 76.0 Å². The van der Waals surface area contributed by atoms with Gasteiger partial charge in [-0.3, -0.25) is 4.98 Å². The van der Waals surface area contributed by atoms with Crippen LogP contribution in [0.3, 0.4) is 0 Å². The fourth-order valence-corrected chi connectivity index (χ4v) is 8.71. The normalized spacial score (nSPS) is 14.3. The number of para-hydroxylation sites is 1. The van der Waals surface area contributed by atoms with Crippen LogP contribution in [0, 0.1) is 12.1 Å². The molecule has 5 heterocycles. The summed E-state index contributed by atoms with van der Waals surface area (Å²) < 4.78 is 21.3. The second kappa shape index (κ2) is 11.1. The van der Waals surface area contributed by atoms with Crippen molar-refractivity contribution in [2.45, 2.75) is 25.4 Å². The number of anilines is 3. The van der Waals surface area contributed by atoms with Crippen LogP contribution >= 0.6 is 11.3 Å². The summed E-state index contributed by atoms with van der Waals surface area (Å²) >= 11 is 1.82. The van der Waals surface area contributed by atoms with E-state index in [2.05, 4.69) is 90.5 Å². The van der Waals surface area contributed by atoms with E-state index >= 15 is 4.39 Å². The Morgan fingerprint density at radius 1 is 0.714 bits per heavy atom. The number of rotatable bonds is 3. The molecule has 0 amide bonds. The number of hydrogen-bond donors (Lipinski definition) is 0. The van der Waals surface area contributed by atoms with Gasteiger partial charge in [0.25, 0.3) is 0 Å². The molecule has 0 radical (unpaired) electrons. The van der Waals surface area contributed by atoms with E-state index in [0.29, 0.717) is 11.1 Å². The van der Waals surface area contributed by atoms with E-state index in [4.69, 9.17) is 4.98 Å². The van der Waals surface area contributed by atoms with Crippen molar-refractivity contribution in [1.29, 1.82) is 0 Å². The Balaban J connectivity index is 0.00000325. The van der Waals surface area contributed by atoms with E-state index in [-0.39, 0.29) is 26.5 Å². The third kappa shape index (κ3) is 4.37. The minimum absolute atomic E-state index is 0. The summed E-state index contributed by atoms with van der Waals surface area (Å²) in [5, 5.41) is 5.32. The molecular formula is C42H27FN4PtS. The summed E-state index contributed by atoms with van der Waals surface area (Å²) in [4.78, 5) is 11.7. The molecule has 0 N–H and O–H groups in total. The maximum Gasteiger partial charge on any atom is 2.00 e. The summed E-state index contributed by atoms with van der Waals surface area (Å²) in [7, 11) is 0. The predicted octanol–water partition coefficient (Wildman–Crippen LogP) is 11.2. The molecule has 4 aromatic heterocycles. The summed E-state index contributed by atoms with van der Waals surface area (Å²) in [6.07, 6.45) is 4.11. The molecule has 0 saturated heterocycles. The predicted molar refractivity (Wildman–Crippen MR) is 195 cm³/mol. The fourth-order valence-electron chi connectivity index (χ4n) is 7.58. The van der Waals surface area contributed by atoms with Gasteiger partial charge in [-0.25, -0.2) is 9.37 Å². The molecule has 10 rings (SSSR count).